The molecule has 8 nitrogen and oxygen atoms in total. The highest BCUT2D eigenvalue weighted by atomic mass is 19.4. The van der Waals surface area contributed by atoms with Crippen LogP contribution in [0, 0.1) is 0 Å². The molecule has 1 atom stereocenters. The van der Waals surface area contributed by atoms with Gasteiger partial charge in [-0.25, -0.2) is 4.68 Å². The quantitative estimate of drug-likeness (QED) is 0.667. The molecule has 0 radical (unpaired) electrons. The Bertz CT molecular complexity index is 1100. The second-order valence-electron chi connectivity index (χ2n) is 7.37. The van der Waals surface area contributed by atoms with Gasteiger partial charge in [-0.05, 0) is 37.5 Å². The van der Waals surface area contributed by atoms with Crippen LogP contribution in [0.5, 0.6) is 0 Å². The van der Waals surface area contributed by atoms with Crippen molar-refractivity contribution in [2.45, 2.75) is 38.1 Å². The minimum atomic E-state index is -4.54. The number of carbonyl (C=O) groups is 1. The Labute approximate surface area is 176 Å². The van der Waals surface area contributed by atoms with Crippen LogP contribution in [0.4, 0.5) is 13.2 Å². The number of amides is 1. The molecule has 0 bridgehead atoms. The topological polar surface area (TPSA) is 86.9 Å². The third-order valence-electron chi connectivity index (χ3n) is 5.16. The zero-order valence-corrected chi connectivity index (χ0v) is 17.0. The SMILES string of the molecule is COCc1cc(C(=O)NC2CCCc3nn(-c4ccnc(C(F)(F)F)c4)cc32)n(C)n1. The van der Waals surface area contributed by atoms with Crippen LogP contribution >= 0.6 is 0 Å². The predicted molar refractivity (Wildman–Crippen MR) is 103 cm³/mol. The summed E-state index contributed by atoms with van der Waals surface area (Å²) in [5.41, 5.74) is 1.88. The lowest BCUT2D eigenvalue weighted by Crippen LogP contribution is -2.31. The van der Waals surface area contributed by atoms with E-state index < -0.39 is 11.9 Å². The number of alkyl halides is 3. The van der Waals surface area contributed by atoms with E-state index in [2.05, 4.69) is 20.5 Å². The average Bonchev–Trinajstić information content (AvgIpc) is 3.32. The second kappa shape index (κ2) is 8.14. The summed E-state index contributed by atoms with van der Waals surface area (Å²) in [5, 5.41) is 11.7. The smallest absolute Gasteiger partial charge is 0.378 e. The van der Waals surface area contributed by atoms with E-state index in [0.717, 1.165) is 29.9 Å². The number of aromatic nitrogens is 5. The highest BCUT2D eigenvalue weighted by molar-refractivity contribution is 5.93. The van der Waals surface area contributed by atoms with E-state index in [-0.39, 0.29) is 17.6 Å². The molecule has 0 aliphatic heterocycles. The van der Waals surface area contributed by atoms with Gasteiger partial charge in [0.15, 0.2) is 0 Å². The summed E-state index contributed by atoms with van der Waals surface area (Å²) < 4.78 is 47.0. The van der Waals surface area contributed by atoms with Gasteiger partial charge in [0.2, 0.25) is 0 Å². The van der Waals surface area contributed by atoms with Gasteiger partial charge in [0.05, 0.1) is 29.7 Å². The molecule has 3 aromatic rings. The largest absolute Gasteiger partial charge is 0.433 e. The number of aryl methyl sites for hydroxylation is 2. The van der Waals surface area contributed by atoms with Crippen molar-refractivity contribution in [3.05, 3.63) is 58.9 Å². The van der Waals surface area contributed by atoms with Gasteiger partial charge >= 0.3 is 6.18 Å². The first-order valence-electron chi connectivity index (χ1n) is 9.71. The molecule has 1 N–H and O–H groups in total. The zero-order chi connectivity index (χ0) is 22.2. The minimum absolute atomic E-state index is 0.262. The number of carbonyl (C=O) groups excluding carboxylic acids is 1. The number of nitrogens with zero attached hydrogens (tertiary/aromatic N) is 5. The van der Waals surface area contributed by atoms with Crippen molar-refractivity contribution in [1.82, 2.24) is 29.9 Å². The molecular formula is C20H21F3N6O2. The van der Waals surface area contributed by atoms with Gasteiger partial charge in [0.1, 0.15) is 11.4 Å². The summed E-state index contributed by atoms with van der Waals surface area (Å²) in [4.78, 5) is 16.2. The lowest BCUT2D eigenvalue weighted by Gasteiger charge is -2.22. The van der Waals surface area contributed by atoms with Crippen LogP contribution in [0.2, 0.25) is 0 Å². The van der Waals surface area contributed by atoms with Crippen molar-refractivity contribution < 1.29 is 22.7 Å². The summed E-state index contributed by atoms with van der Waals surface area (Å²) in [6.07, 6.45) is 0.447. The monoisotopic (exact) mass is 434 g/mol. The van der Waals surface area contributed by atoms with Crippen molar-refractivity contribution in [3.63, 3.8) is 0 Å². The van der Waals surface area contributed by atoms with Gasteiger partial charge in [-0.3, -0.25) is 14.5 Å². The molecule has 1 aliphatic rings. The fourth-order valence-electron chi connectivity index (χ4n) is 3.73. The molecule has 0 aromatic carbocycles. The first-order chi connectivity index (χ1) is 14.8. The lowest BCUT2D eigenvalue weighted by atomic mass is 9.93. The molecule has 1 amide bonds. The standard InChI is InChI=1S/C20H21F3N6O2/c1-28-17(8-12(26-28)11-31-2)19(30)25-15-4-3-5-16-14(15)10-29(27-16)13-6-7-24-18(9-13)20(21,22)23/h6-10,15H,3-5,11H2,1-2H3,(H,25,30). The summed E-state index contributed by atoms with van der Waals surface area (Å²) in [5.74, 6) is -0.286. The van der Waals surface area contributed by atoms with Crippen molar-refractivity contribution in [2.24, 2.45) is 7.05 Å². The van der Waals surface area contributed by atoms with Crippen molar-refractivity contribution in [3.8, 4) is 5.69 Å². The van der Waals surface area contributed by atoms with E-state index in [1.165, 1.54) is 15.4 Å². The van der Waals surface area contributed by atoms with E-state index in [1.807, 2.05) is 0 Å². The highest BCUT2D eigenvalue weighted by Crippen LogP contribution is 2.32. The molecule has 0 fully saturated rings. The summed E-state index contributed by atoms with van der Waals surface area (Å²) in [6, 6.07) is 3.80. The van der Waals surface area contributed by atoms with Gasteiger partial charge in [0, 0.05) is 32.1 Å². The van der Waals surface area contributed by atoms with E-state index >= 15 is 0 Å². The number of ether oxygens (including phenoxy) is 1. The Morgan fingerprint density at radius 3 is 2.87 bits per heavy atom. The summed E-state index contributed by atoms with van der Waals surface area (Å²) in [6.45, 7) is 0.299. The van der Waals surface area contributed by atoms with Gasteiger partial charge in [-0.15, -0.1) is 0 Å². The van der Waals surface area contributed by atoms with Crippen LogP contribution in [0.1, 0.15) is 52.0 Å². The molecule has 11 heteroatoms. The predicted octanol–water partition coefficient (Wildman–Crippen LogP) is 2.97. The first kappa shape index (κ1) is 21.0. The molecule has 0 saturated carbocycles. The van der Waals surface area contributed by atoms with Gasteiger partial charge in [-0.2, -0.15) is 23.4 Å². The number of halogens is 3. The van der Waals surface area contributed by atoms with Crippen LogP contribution in [-0.4, -0.2) is 37.6 Å². The number of nitrogens with one attached hydrogen (secondary N) is 1. The number of hydrogen-bond acceptors (Lipinski definition) is 5. The normalized spacial score (nSPS) is 16.2. The summed E-state index contributed by atoms with van der Waals surface area (Å²) in [7, 11) is 3.23. The molecule has 164 valence electrons. The van der Waals surface area contributed by atoms with Gasteiger partial charge < -0.3 is 10.1 Å². The van der Waals surface area contributed by atoms with E-state index in [0.29, 0.717) is 30.8 Å². The Balaban J connectivity index is 1.58. The minimum Gasteiger partial charge on any atom is -0.378 e. The van der Waals surface area contributed by atoms with Gasteiger partial charge in [-0.1, -0.05) is 0 Å². The van der Waals surface area contributed by atoms with E-state index in [4.69, 9.17) is 4.74 Å². The molecule has 31 heavy (non-hydrogen) atoms. The maximum Gasteiger partial charge on any atom is 0.433 e. The highest BCUT2D eigenvalue weighted by Gasteiger charge is 2.33. The Hall–Kier alpha value is -3.21. The molecule has 3 heterocycles. The van der Waals surface area contributed by atoms with E-state index in [1.54, 1.807) is 26.4 Å². The maximum absolute atomic E-state index is 13.0. The Kier molecular flexibility index (Phi) is 5.52. The molecule has 4 rings (SSSR count). The van der Waals surface area contributed by atoms with Crippen LogP contribution < -0.4 is 5.32 Å². The van der Waals surface area contributed by atoms with Crippen LogP contribution in [0.15, 0.2) is 30.6 Å². The number of fused-ring (bicyclic) bond motifs is 1. The molecular weight excluding hydrogens is 413 g/mol. The Morgan fingerprint density at radius 1 is 1.32 bits per heavy atom. The number of methoxy groups -OCH3 is 1. The fraction of sp³-hybridized carbons (Fsp3) is 0.400. The lowest BCUT2D eigenvalue weighted by molar-refractivity contribution is -0.141. The number of pyridine rings is 1. The van der Waals surface area contributed by atoms with Crippen LogP contribution in [0.25, 0.3) is 5.69 Å². The fourth-order valence-corrected chi connectivity index (χ4v) is 3.73. The van der Waals surface area contributed by atoms with Crippen molar-refractivity contribution in [1.29, 1.82) is 0 Å². The third kappa shape index (κ3) is 4.31. The Morgan fingerprint density at radius 2 is 2.13 bits per heavy atom. The second-order valence-corrected chi connectivity index (χ2v) is 7.37. The molecule has 1 unspecified atom stereocenters. The molecule has 3 aromatic heterocycles. The molecule has 0 saturated heterocycles. The van der Waals surface area contributed by atoms with Crippen molar-refractivity contribution >= 4 is 5.91 Å². The third-order valence-corrected chi connectivity index (χ3v) is 5.16. The maximum atomic E-state index is 13.0. The zero-order valence-electron chi connectivity index (χ0n) is 17.0. The number of hydrogen-bond donors (Lipinski definition) is 1. The average molecular weight is 434 g/mol. The molecule has 0 spiro atoms. The number of rotatable bonds is 5. The first-order valence-corrected chi connectivity index (χ1v) is 9.71. The molecule has 1 aliphatic carbocycles. The van der Waals surface area contributed by atoms with Crippen LogP contribution in [-0.2, 0) is 31.0 Å². The van der Waals surface area contributed by atoms with E-state index in [9.17, 15) is 18.0 Å². The van der Waals surface area contributed by atoms with Crippen LogP contribution in [0.3, 0.4) is 0 Å². The van der Waals surface area contributed by atoms with Crippen molar-refractivity contribution in [2.75, 3.05) is 7.11 Å². The van der Waals surface area contributed by atoms with Gasteiger partial charge in [0.25, 0.3) is 5.91 Å². The summed E-state index contributed by atoms with van der Waals surface area (Å²) >= 11 is 0.